The summed E-state index contributed by atoms with van der Waals surface area (Å²) in [7, 11) is 0. The minimum atomic E-state index is -0.106. The quantitative estimate of drug-likeness (QED) is 0.850. The van der Waals surface area contributed by atoms with Crippen molar-refractivity contribution in [2.24, 2.45) is 11.7 Å². The highest BCUT2D eigenvalue weighted by atomic mass is 16.5. The van der Waals surface area contributed by atoms with Crippen molar-refractivity contribution in [2.45, 2.75) is 57.4 Å². The van der Waals surface area contributed by atoms with Crippen molar-refractivity contribution in [2.75, 3.05) is 6.54 Å². The number of nitrogens with two attached hydrogens (primary N) is 1. The van der Waals surface area contributed by atoms with E-state index in [1.54, 1.807) is 0 Å². The molecule has 2 aliphatic rings. The van der Waals surface area contributed by atoms with Crippen LogP contribution in [0.4, 0.5) is 0 Å². The molecule has 1 atom stereocenters. The molecule has 0 spiro atoms. The van der Waals surface area contributed by atoms with Crippen molar-refractivity contribution in [3.8, 4) is 0 Å². The van der Waals surface area contributed by atoms with Gasteiger partial charge in [0.1, 0.15) is 0 Å². The standard InChI is InChI=1S/C18H24N4O2/c1-9(2)16-15-12(17(23)20-8-13(19)10-3-4-10)7-14(11-5-6-11)21-18(15)24-22-16/h7,9-11,13H,3-6,8,19H2,1-2H3,(H,20,23). The minimum Gasteiger partial charge on any atom is -0.350 e. The van der Waals surface area contributed by atoms with E-state index in [4.69, 9.17) is 10.3 Å². The van der Waals surface area contributed by atoms with Gasteiger partial charge in [0.25, 0.3) is 11.6 Å². The van der Waals surface area contributed by atoms with Gasteiger partial charge in [0, 0.05) is 24.2 Å². The summed E-state index contributed by atoms with van der Waals surface area (Å²) in [6.07, 6.45) is 4.59. The highest BCUT2D eigenvalue weighted by Gasteiger charge is 2.31. The SMILES string of the molecule is CC(C)c1noc2nc(C3CC3)cc(C(=O)NCC(N)C3CC3)c12. The van der Waals surface area contributed by atoms with Crippen LogP contribution in [-0.4, -0.2) is 28.6 Å². The van der Waals surface area contributed by atoms with Crippen molar-refractivity contribution < 1.29 is 9.32 Å². The van der Waals surface area contributed by atoms with Crippen LogP contribution in [0.1, 0.15) is 73.1 Å². The van der Waals surface area contributed by atoms with Crippen LogP contribution in [0.5, 0.6) is 0 Å². The lowest BCUT2D eigenvalue weighted by molar-refractivity contribution is 0.0951. The van der Waals surface area contributed by atoms with E-state index < -0.39 is 0 Å². The Balaban J connectivity index is 1.67. The molecule has 2 aromatic rings. The number of nitrogens with one attached hydrogen (secondary N) is 1. The number of amides is 1. The largest absolute Gasteiger partial charge is 0.350 e. The van der Waals surface area contributed by atoms with E-state index in [0.717, 1.165) is 29.6 Å². The summed E-state index contributed by atoms with van der Waals surface area (Å²) < 4.78 is 5.43. The Bertz CT molecular complexity index is 775. The van der Waals surface area contributed by atoms with Gasteiger partial charge in [-0.3, -0.25) is 4.79 Å². The average Bonchev–Trinajstić information content (AvgIpc) is 3.46. The number of hydrogen-bond acceptors (Lipinski definition) is 5. The summed E-state index contributed by atoms with van der Waals surface area (Å²) in [5.41, 5.74) is 8.92. The molecule has 1 unspecified atom stereocenters. The first kappa shape index (κ1) is 15.6. The molecule has 3 N–H and O–H groups in total. The Labute approximate surface area is 141 Å². The first-order valence-corrected chi connectivity index (χ1v) is 8.88. The van der Waals surface area contributed by atoms with E-state index in [-0.39, 0.29) is 17.9 Å². The molecule has 0 radical (unpaired) electrons. The van der Waals surface area contributed by atoms with Crippen LogP contribution in [-0.2, 0) is 0 Å². The summed E-state index contributed by atoms with van der Waals surface area (Å²) in [4.78, 5) is 17.4. The van der Waals surface area contributed by atoms with Gasteiger partial charge >= 0.3 is 0 Å². The maximum absolute atomic E-state index is 12.8. The predicted molar refractivity (Wildman–Crippen MR) is 90.9 cm³/mol. The maximum atomic E-state index is 12.8. The van der Waals surface area contributed by atoms with Crippen LogP contribution in [0.2, 0.25) is 0 Å². The van der Waals surface area contributed by atoms with Crippen LogP contribution in [0.15, 0.2) is 10.6 Å². The van der Waals surface area contributed by atoms with Gasteiger partial charge in [-0.15, -0.1) is 0 Å². The zero-order chi connectivity index (χ0) is 16.8. The third kappa shape index (κ3) is 2.90. The minimum absolute atomic E-state index is 0.0428. The van der Waals surface area contributed by atoms with E-state index in [0.29, 0.717) is 29.7 Å². The van der Waals surface area contributed by atoms with Crippen LogP contribution >= 0.6 is 0 Å². The van der Waals surface area contributed by atoms with E-state index in [9.17, 15) is 4.79 Å². The summed E-state index contributed by atoms with van der Waals surface area (Å²) in [5, 5.41) is 7.89. The molecule has 128 valence electrons. The molecule has 2 heterocycles. The molecule has 0 saturated heterocycles. The first-order valence-electron chi connectivity index (χ1n) is 8.88. The summed E-state index contributed by atoms with van der Waals surface area (Å²) >= 11 is 0. The molecule has 0 aromatic carbocycles. The van der Waals surface area contributed by atoms with Crippen molar-refractivity contribution in [3.63, 3.8) is 0 Å². The molecule has 0 aliphatic heterocycles. The Kier molecular flexibility index (Phi) is 3.79. The number of carbonyl (C=O) groups is 1. The normalized spacial score (nSPS) is 19.0. The smallest absolute Gasteiger partial charge is 0.259 e. The summed E-state index contributed by atoms with van der Waals surface area (Å²) in [6.45, 7) is 4.59. The molecule has 2 aromatic heterocycles. The molecule has 2 fully saturated rings. The highest BCUT2D eigenvalue weighted by Crippen LogP contribution is 2.41. The van der Waals surface area contributed by atoms with Crippen molar-refractivity contribution in [1.82, 2.24) is 15.5 Å². The van der Waals surface area contributed by atoms with Crippen LogP contribution < -0.4 is 11.1 Å². The maximum Gasteiger partial charge on any atom is 0.259 e. The second-order valence-electron chi connectivity index (χ2n) is 7.48. The van der Waals surface area contributed by atoms with E-state index in [2.05, 4.69) is 15.5 Å². The van der Waals surface area contributed by atoms with Gasteiger partial charge in [0.15, 0.2) is 0 Å². The average molecular weight is 328 g/mol. The lowest BCUT2D eigenvalue weighted by atomic mass is 10.0. The highest BCUT2D eigenvalue weighted by molar-refractivity contribution is 6.06. The molecule has 4 rings (SSSR count). The van der Waals surface area contributed by atoms with Gasteiger partial charge in [-0.05, 0) is 43.6 Å². The van der Waals surface area contributed by atoms with Gasteiger partial charge < -0.3 is 15.6 Å². The second-order valence-corrected chi connectivity index (χ2v) is 7.48. The fraction of sp³-hybridized carbons (Fsp3) is 0.611. The predicted octanol–water partition coefficient (Wildman–Crippen LogP) is 2.69. The number of rotatable bonds is 6. The van der Waals surface area contributed by atoms with Crippen molar-refractivity contribution in [3.05, 3.63) is 23.0 Å². The molecule has 2 aliphatic carbocycles. The van der Waals surface area contributed by atoms with Gasteiger partial charge in [-0.1, -0.05) is 19.0 Å². The van der Waals surface area contributed by atoms with E-state index in [1.807, 2.05) is 19.9 Å². The monoisotopic (exact) mass is 328 g/mol. The molecule has 6 heteroatoms. The molecular formula is C18H24N4O2. The molecular weight excluding hydrogens is 304 g/mol. The van der Waals surface area contributed by atoms with E-state index >= 15 is 0 Å². The van der Waals surface area contributed by atoms with Crippen molar-refractivity contribution >= 4 is 17.0 Å². The van der Waals surface area contributed by atoms with E-state index in [1.165, 1.54) is 12.8 Å². The lowest BCUT2D eigenvalue weighted by Gasteiger charge is -2.13. The Morgan fingerprint density at radius 2 is 2.12 bits per heavy atom. The Morgan fingerprint density at radius 3 is 2.75 bits per heavy atom. The van der Waals surface area contributed by atoms with Crippen molar-refractivity contribution in [1.29, 1.82) is 0 Å². The number of carbonyl (C=O) groups excluding carboxylic acids is 1. The number of pyridine rings is 1. The molecule has 1 amide bonds. The lowest BCUT2D eigenvalue weighted by Crippen LogP contribution is -2.38. The zero-order valence-electron chi connectivity index (χ0n) is 14.2. The first-order chi connectivity index (χ1) is 11.5. The Hall–Kier alpha value is -1.95. The third-order valence-electron chi connectivity index (χ3n) is 5.01. The fourth-order valence-corrected chi connectivity index (χ4v) is 3.15. The Morgan fingerprint density at radius 1 is 1.38 bits per heavy atom. The number of aromatic nitrogens is 2. The molecule has 24 heavy (non-hydrogen) atoms. The zero-order valence-corrected chi connectivity index (χ0v) is 14.2. The molecule has 6 nitrogen and oxygen atoms in total. The number of fused-ring (bicyclic) bond motifs is 1. The third-order valence-corrected chi connectivity index (χ3v) is 5.01. The van der Waals surface area contributed by atoms with Crippen LogP contribution in [0.25, 0.3) is 11.1 Å². The topological polar surface area (TPSA) is 94.0 Å². The second kappa shape index (κ2) is 5.84. The van der Waals surface area contributed by atoms with Gasteiger partial charge in [0.2, 0.25) is 0 Å². The fourth-order valence-electron chi connectivity index (χ4n) is 3.15. The number of nitrogens with zero attached hydrogens (tertiary/aromatic N) is 2. The van der Waals surface area contributed by atoms with Gasteiger partial charge in [0.05, 0.1) is 16.6 Å². The molecule has 2 saturated carbocycles. The summed E-state index contributed by atoms with van der Waals surface area (Å²) in [6, 6.07) is 1.96. The number of hydrogen-bond donors (Lipinski definition) is 2. The van der Waals surface area contributed by atoms with Crippen LogP contribution in [0, 0.1) is 5.92 Å². The molecule has 0 bridgehead atoms. The summed E-state index contributed by atoms with van der Waals surface area (Å²) in [5.74, 6) is 1.07. The van der Waals surface area contributed by atoms with Gasteiger partial charge in [-0.2, -0.15) is 0 Å². The van der Waals surface area contributed by atoms with Crippen LogP contribution in [0.3, 0.4) is 0 Å². The van der Waals surface area contributed by atoms with Gasteiger partial charge in [-0.25, -0.2) is 4.98 Å².